The fraction of sp³-hybridized carbons (Fsp3) is 0.286. The maximum Gasteiger partial charge on any atom is 0.341 e. The van der Waals surface area contributed by atoms with Crippen LogP contribution in [0.15, 0.2) is 12.3 Å². The SMILES string of the molecule is COC(=O)c1cnc2cc(OC)c(OC)c(OC)c2c1N. The Morgan fingerprint density at radius 1 is 1.10 bits per heavy atom. The number of nitrogens with two attached hydrogens (primary N) is 1. The molecular weight excluding hydrogens is 276 g/mol. The van der Waals surface area contributed by atoms with Crippen molar-refractivity contribution in [3.63, 3.8) is 0 Å². The average Bonchev–Trinajstić information content (AvgIpc) is 2.52. The second kappa shape index (κ2) is 5.74. The third kappa shape index (κ3) is 2.26. The average molecular weight is 292 g/mol. The summed E-state index contributed by atoms with van der Waals surface area (Å²) in [6, 6.07) is 1.66. The number of fused-ring (bicyclic) bond motifs is 1. The lowest BCUT2D eigenvalue weighted by atomic mass is 10.1. The van der Waals surface area contributed by atoms with Crippen LogP contribution in [0.4, 0.5) is 5.69 Å². The molecule has 0 aliphatic rings. The van der Waals surface area contributed by atoms with Crippen LogP contribution in [0.5, 0.6) is 17.2 Å². The number of carbonyl (C=O) groups excluding carboxylic acids is 1. The van der Waals surface area contributed by atoms with E-state index in [1.807, 2.05) is 0 Å². The largest absolute Gasteiger partial charge is 0.493 e. The van der Waals surface area contributed by atoms with Gasteiger partial charge in [0.05, 0.1) is 45.0 Å². The van der Waals surface area contributed by atoms with E-state index in [0.29, 0.717) is 28.2 Å². The molecule has 2 N–H and O–H groups in total. The Morgan fingerprint density at radius 2 is 1.76 bits per heavy atom. The number of nitrogen functional groups attached to an aromatic ring is 1. The minimum absolute atomic E-state index is 0.163. The molecule has 2 aromatic rings. The zero-order valence-corrected chi connectivity index (χ0v) is 12.2. The Balaban J connectivity index is 2.88. The van der Waals surface area contributed by atoms with Gasteiger partial charge in [0.2, 0.25) is 5.75 Å². The molecule has 0 bridgehead atoms. The van der Waals surface area contributed by atoms with Gasteiger partial charge in [-0.2, -0.15) is 0 Å². The van der Waals surface area contributed by atoms with Crippen LogP contribution in [0, 0.1) is 0 Å². The predicted molar refractivity (Wildman–Crippen MR) is 77.2 cm³/mol. The number of esters is 1. The molecule has 0 unspecified atom stereocenters. The summed E-state index contributed by atoms with van der Waals surface area (Å²) in [6.45, 7) is 0. The van der Waals surface area contributed by atoms with Gasteiger partial charge in [-0.05, 0) is 0 Å². The van der Waals surface area contributed by atoms with Crippen LogP contribution in [0.3, 0.4) is 0 Å². The minimum Gasteiger partial charge on any atom is -0.493 e. The number of hydrogen-bond acceptors (Lipinski definition) is 7. The highest BCUT2D eigenvalue weighted by Crippen LogP contribution is 2.45. The Labute approximate surface area is 121 Å². The first-order valence-electron chi connectivity index (χ1n) is 6.04. The first-order valence-corrected chi connectivity index (χ1v) is 6.04. The summed E-state index contributed by atoms with van der Waals surface area (Å²) in [6.07, 6.45) is 1.36. The van der Waals surface area contributed by atoms with Crippen molar-refractivity contribution in [3.05, 3.63) is 17.8 Å². The molecule has 2 rings (SSSR count). The summed E-state index contributed by atoms with van der Waals surface area (Å²) in [5.74, 6) is 0.615. The summed E-state index contributed by atoms with van der Waals surface area (Å²) >= 11 is 0. The molecule has 0 aliphatic carbocycles. The molecule has 1 heterocycles. The molecule has 0 atom stereocenters. The van der Waals surface area contributed by atoms with Crippen LogP contribution in [0.25, 0.3) is 10.9 Å². The number of ether oxygens (including phenoxy) is 4. The van der Waals surface area contributed by atoms with Crippen LogP contribution in [0.2, 0.25) is 0 Å². The molecule has 1 aromatic carbocycles. The van der Waals surface area contributed by atoms with Gasteiger partial charge in [0.25, 0.3) is 0 Å². The zero-order valence-electron chi connectivity index (χ0n) is 12.2. The van der Waals surface area contributed by atoms with Crippen molar-refractivity contribution in [3.8, 4) is 17.2 Å². The predicted octanol–water partition coefficient (Wildman–Crippen LogP) is 1.63. The van der Waals surface area contributed by atoms with Gasteiger partial charge in [-0.3, -0.25) is 4.98 Å². The monoisotopic (exact) mass is 292 g/mol. The second-order valence-electron chi connectivity index (χ2n) is 4.12. The standard InChI is InChI=1S/C14H16N2O5/c1-18-9-5-8-10(13(20-3)12(9)19-2)11(15)7(6-16-8)14(17)21-4/h5-6H,1-4H3,(H2,15,16). The summed E-state index contributed by atoms with van der Waals surface area (Å²) in [4.78, 5) is 15.9. The van der Waals surface area contributed by atoms with Crippen molar-refractivity contribution in [1.29, 1.82) is 0 Å². The zero-order chi connectivity index (χ0) is 15.6. The van der Waals surface area contributed by atoms with E-state index in [2.05, 4.69) is 9.72 Å². The summed E-state index contributed by atoms with van der Waals surface area (Å²) in [5, 5.41) is 0.470. The molecule has 0 saturated carbocycles. The normalized spacial score (nSPS) is 10.3. The Hall–Kier alpha value is -2.70. The number of anilines is 1. The molecule has 112 valence electrons. The molecule has 0 radical (unpaired) electrons. The van der Waals surface area contributed by atoms with Crippen molar-refractivity contribution >= 4 is 22.6 Å². The van der Waals surface area contributed by atoms with E-state index in [9.17, 15) is 4.79 Å². The van der Waals surface area contributed by atoms with Crippen molar-refractivity contribution in [2.24, 2.45) is 0 Å². The van der Waals surface area contributed by atoms with Gasteiger partial charge < -0.3 is 24.7 Å². The van der Waals surface area contributed by atoms with Gasteiger partial charge >= 0.3 is 5.97 Å². The van der Waals surface area contributed by atoms with Crippen LogP contribution >= 0.6 is 0 Å². The molecule has 0 amide bonds. The third-order valence-electron chi connectivity index (χ3n) is 3.11. The Kier molecular flexibility index (Phi) is 4.02. The van der Waals surface area contributed by atoms with Gasteiger partial charge in [-0.25, -0.2) is 4.79 Å². The highest BCUT2D eigenvalue weighted by Gasteiger charge is 2.22. The van der Waals surface area contributed by atoms with Crippen LogP contribution in [0.1, 0.15) is 10.4 Å². The van der Waals surface area contributed by atoms with E-state index in [4.69, 9.17) is 19.9 Å². The number of methoxy groups -OCH3 is 4. The molecule has 1 aromatic heterocycles. The van der Waals surface area contributed by atoms with E-state index in [1.165, 1.54) is 34.6 Å². The Morgan fingerprint density at radius 3 is 2.29 bits per heavy atom. The number of rotatable bonds is 4. The highest BCUT2D eigenvalue weighted by atomic mass is 16.5. The third-order valence-corrected chi connectivity index (χ3v) is 3.11. The van der Waals surface area contributed by atoms with Gasteiger partial charge in [0, 0.05) is 12.3 Å². The molecule has 0 aliphatic heterocycles. The number of pyridine rings is 1. The van der Waals surface area contributed by atoms with Crippen LogP contribution < -0.4 is 19.9 Å². The van der Waals surface area contributed by atoms with Crippen LogP contribution in [-0.2, 0) is 4.74 Å². The van der Waals surface area contributed by atoms with Gasteiger partial charge in [-0.1, -0.05) is 0 Å². The Bertz CT molecular complexity index is 700. The number of carbonyl (C=O) groups is 1. The van der Waals surface area contributed by atoms with E-state index >= 15 is 0 Å². The highest BCUT2D eigenvalue weighted by molar-refractivity contribution is 6.07. The molecule has 0 spiro atoms. The van der Waals surface area contributed by atoms with Gasteiger partial charge in [0.15, 0.2) is 11.5 Å². The van der Waals surface area contributed by atoms with Crippen molar-refractivity contribution in [1.82, 2.24) is 4.98 Å². The van der Waals surface area contributed by atoms with Crippen LogP contribution in [-0.4, -0.2) is 39.4 Å². The van der Waals surface area contributed by atoms with E-state index in [0.717, 1.165) is 0 Å². The van der Waals surface area contributed by atoms with E-state index in [-0.39, 0.29) is 11.3 Å². The molecular formula is C14H16N2O5. The van der Waals surface area contributed by atoms with Gasteiger partial charge in [0.1, 0.15) is 5.56 Å². The molecule has 7 heteroatoms. The molecule has 7 nitrogen and oxygen atoms in total. The summed E-state index contributed by atoms with van der Waals surface area (Å²) in [5.41, 5.74) is 6.97. The maximum absolute atomic E-state index is 11.7. The topological polar surface area (TPSA) is 92.9 Å². The quantitative estimate of drug-likeness (QED) is 0.856. The maximum atomic E-state index is 11.7. The lowest BCUT2D eigenvalue weighted by molar-refractivity contribution is 0.0601. The van der Waals surface area contributed by atoms with Crippen molar-refractivity contribution in [2.45, 2.75) is 0 Å². The summed E-state index contributed by atoms with van der Waals surface area (Å²) in [7, 11) is 5.74. The number of hydrogen-bond donors (Lipinski definition) is 1. The first-order chi connectivity index (χ1) is 10.1. The second-order valence-corrected chi connectivity index (χ2v) is 4.12. The lowest BCUT2D eigenvalue weighted by Crippen LogP contribution is -2.08. The van der Waals surface area contributed by atoms with Crippen molar-refractivity contribution < 1.29 is 23.7 Å². The minimum atomic E-state index is -0.571. The van der Waals surface area contributed by atoms with Gasteiger partial charge in [-0.15, -0.1) is 0 Å². The first kappa shape index (κ1) is 14.7. The molecule has 21 heavy (non-hydrogen) atoms. The van der Waals surface area contributed by atoms with E-state index in [1.54, 1.807) is 6.07 Å². The molecule has 0 fully saturated rings. The number of nitrogens with zero attached hydrogens (tertiary/aromatic N) is 1. The fourth-order valence-electron chi connectivity index (χ4n) is 2.12. The summed E-state index contributed by atoms with van der Waals surface area (Å²) < 4.78 is 20.6. The smallest absolute Gasteiger partial charge is 0.341 e. The number of benzene rings is 1. The van der Waals surface area contributed by atoms with E-state index < -0.39 is 5.97 Å². The fourth-order valence-corrected chi connectivity index (χ4v) is 2.12. The molecule has 0 saturated heterocycles. The number of aromatic nitrogens is 1. The van der Waals surface area contributed by atoms with Crippen molar-refractivity contribution in [2.75, 3.05) is 34.2 Å². The lowest BCUT2D eigenvalue weighted by Gasteiger charge is -2.16.